The summed E-state index contributed by atoms with van der Waals surface area (Å²) in [7, 11) is -0.702. The summed E-state index contributed by atoms with van der Waals surface area (Å²) in [6.07, 6.45) is 2.57. The van der Waals surface area contributed by atoms with Crippen LogP contribution in [0, 0.1) is 0 Å². The van der Waals surface area contributed by atoms with Gasteiger partial charge in [0.15, 0.2) is 0 Å². The van der Waals surface area contributed by atoms with E-state index in [1.807, 2.05) is 0 Å². The number of nitrogens with two attached hydrogens (primary N) is 1. The zero-order valence-electron chi connectivity index (χ0n) is 5.98. The molecule has 0 aliphatic carbocycles. The number of rotatable bonds is 4. The van der Waals surface area contributed by atoms with E-state index in [2.05, 4.69) is 13.8 Å². The molecule has 0 fully saturated rings. The van der Waals surface area contributed by atoms with Gasteiger partial charge in [-0.05, 0) is 12.1 Å². The van der Waals surface area contributed by atoms with Gasteiger partial charge >= 0.3 is 0 Å². The van der Waals surface area contributed by atoms with E-state index < -0.39 is 8.96 Å². The fourth-order valence-corrected chi connectivity index (χ4v) is 2.66. The van der Waals surface area contributed by atoms with Gasteiger partial charge in [-0.2, -0.15) is 0 Å². The summed E-state index contributed by atoms with van der Waals surface area (Å²) in [6.45, 7) is 4.42. The quantitative estimate of drug-likeness (QED) is 0.575. The van der Waals surface area contributed by atoms with E-state index in [1.165, 1.54) is 24.9 Å². The van der Waals surface area contributed by atoms with Gasteiger partial charge in [-0.3, -0.25) is 0 Å². The van der Waals surface area contributed by atoms with Crippen molar-refractivity contribution in [3.05, 3.63) is 0 Å². The monoisotopic (exact) mass is 131 g/mol. The fraction of sp³-hybridized carbons (Fsp3) is 1.00. The average Bonchev–Trinajstić information content (AvgIpc) is 1.68. The van der Waals surface area contributed by atoms with Gasteiger partial charge in [-0.1, -0.05) is 26.7 Å². The molecule has 0 unspecified atom stereocenters. The van der Waals surface area contributed by atoms with E-state index in [-0.39, 0.29) is 0 Å². The van der Waals surface area contributed by atoms with Crippen LogP contribution >= 0.6 is 0 Å². The molecule has 0 atom stereocenters. The van der Waals surface area contributed by atoms with Crippen LogP contribution in [0.4, 0.5) is 0 Å². The van der Waals surface area contributed by atoms with Crippen LogP contribution in [0.3, 0.4) is 0 Å². The summed E-state index contributed by atoms with van der Waals surface area (Å²) in [6, 6.07) is 2.65. The first-order valence-corrected chi connectivity index (χ1v) is 5.86. The maximum atomic E-state index is 5.83. The largest absolute Gasteiger partial charge is 0.353 e. The number of hydrogen-bond acceptors (Lipinski definition) is 1. The molecule has 0 aromatic heterocycles. The third-order valence-electron chi connectivity index (χ3n) is 1.32. The van der Waals surface area contributed by atoms with Crippen LogP contribution in [-0.4, -0.2) is 8.96 Å². The minimum absolute atomic E-state index is 0.702. The SMILES string of the molecule is CCC[SiH](N)CCC. The summed E-state index contributed by atoms with van der Waals surface area (Å²) in [5.41, 5.74) is 0. The number of hydrogen-bond donors (Lipinski definition) is 1. The highest BCUT2D eigenvalue weighted by Crippen LogP contribution is 1.98. The molecule has 0 rings (SSSR count). The van der Waals surface area contributed by atoms with E-state index in [0.29, 0.717) is 0 Å². The van der Waals surface area contributed by atoms with Crippen molar-refractivity contribution in [2.45, 2.75) is 38.8 Å². The first-order chi connectivity index (χ1) is 3.81. The van der Waals surface area contributed by atoms with Crippen molar-refractivity contribution in [2.75, 3.05) is 0 Å². The Morgan fingerprint density at radius 2 is 1.50 bits per heavy atom. The highest BCUT2D eigenvalue weighted by molar-refractivity contribution is 6.55. The van der Waals surface area contributed by atoms with Gasteiger partial charge in [0.2, 0.25) is 0 Å². The summed E-state index contributed by atoms with van der Waals surface area (Å²) in [5, 5.41) is 5.83. The molecule has 0 aromatic rings. The second kappa shape index (κ2) is 5.32. The van der Waals surface area contributed by atoms with Crippen LogP contribution in [0.5, 0.6) is 0 Å². The molecule has 0 radical (unpaired) electrons. The molecule has 2 N–H and O–H groups in total. The van der Waals surface area contributed by atoms with E-state index in [9.17, 15) is 0 Å². The zero-order valence-corrected chi connectivity index (χ0v) is 7.14. The maximum absolute atomic E-state index is 5.83. The van der Waals surface area contributed by atoms with Crippen molar-refractivity contribution in [3.8, 4) is 0 Å². The molecular formula is C6H17NSi. The van der Waals surface area contributed by atoms with Crippen LogP contribution in [0.25, 0.3) is 0 Å². The predicted molar refractivity (Wildman–Crippen MR) is 41.5 cm³/mol. The van der Waals surface area contributed by atoms with Gasteiger partial charge < -0.3 is 5.40 Å². The highest BCUT2D eigenvalue weighted by Gasteiger charge is 1.98. The summed E-state index contributed by atoms with van der Waals surface area (Å²) < 4.78 is 0. The Bertz CT molecular complexity index is 41.8. The van der Waals surface area contributed by atoms with E-state index in [1.54, 1.807) is 0 Å². The Labute approximate surface area is 54.0 Å². The van der Waals surface area contributed by atoms with Crippen LogP contribution in [-0.2, 0) is 0 Å². The van der Waals surface area contributed by atoms with Crippen molar-refractivity contribution in [1.82, 2.24) is 0 Å². The van der Waals surface area contributed by atoms with Crippen molar-refractivity contribution in [2.24, 2.45) is 5.40 Å². The molecule has 0 amide bonds. The predicted octanol–water partition coefficient (Wildman–Crippen LogP) is 1.49. The van der Waals surface area contributed by atoms with Crippen LogP contribution in [0.15, 0.2) is 0 Å². The Balaban J connectivity index is 2.92. The Kier molecular flexibility index (Phi) is 5.43. The van der Waals surface area contributed by atoms with Crippen LogP contribution < -0.4 is 5.40 Å². The minimum Gasteiger partial charge on any atom is -0.353 e. The molecule has 0 heterocycles. The van der Waals surface area contributed by atoms with Crippen molar-refractivity contribution in [3.63, 3.8) is 0 Å². The Hall–Kier alpha value is 0.177. The highest BCUT2D eigenvalue weighted by atomic mass is 28.3. The Morgan fingerprint density at radius 3 is 1.75 bits per heavy atom. The molecule has 8 heavy (non-hydrogen) atoms. The minimum atomic E-state index is -0.702. The molecule has 0 spiro atoms. The second-order valence-electron chi connectivity index (χ2n) is 2.34. The molecular weight excluding hydrogens is 114 g/mol. The van der Waals surface area contributed by atoms with Gasteiger partial charge in [0.05, 0.1) is 0 Å². The molecule has 0 aliphatic rings. The first kappa shape index (κ1) is 8.18. The molecule has 2 heteroatoms. The molecule has 0 saturated heterocycles. The van der Waals surface area contributed by atoms with Gasteiger partial charge in [0.25, 0.3) is 0 Å². The molecule has 1 nitrogen and oxygen atoms in total. The molecule has 50 valence electrons. The van der Waals surface area contributed by atoms with Crippen molar-refractivity contribution in [1.29, 1.82) is 0 Å². The lowest BCUT2D eigenvalue weighted by Gasteiger charge is -2.03. The molecule has 0 saturated carbocycles. The maximum Gasteiger partial charge on any atom is 0.106 e. The first-order valence-electron chi connectivity index (χ1n) is 3.56. The lowest BCUT2D eigenvalue weighted by Crippen LogP contribution is -2.23. The zero-order chi connectivity index (χ0) is 6.41. The third-order valence-corrected chi connectivity index (χ3v) is 3.96. The average molecular weight is 131 g/mol. The fourth-order valence-electron chi connectivity index (χ4n) is 0.886. The van der Waals surface area contributed by atoms with Crippen LogP contribution in [0.1, 0.15) is 26.7 Å². The summed E-state index contributed by atoms with van der Waals surface area (Å²) >= 11 is 0. The van der Waals surface area contributed by atoms with Gasteiger partial charge in [0, 0.05) is 0 Å². The van der Waals surface area contributed by atoms with E-state index in [4.69, 9.17) is 5.40 Å². The summed E-state index contributed by atoms with van der Waals surface area (Å²) in [4.78, 5) is 0. The normalized spacial score (nSPS) is 10.5. The van der Waals surface area contributed by atoms with Crippen LogP contribution in [0.2, 0.25) is 12.1 Å². The molecule has 0 bridgehead atoms. The topological polar surface area (TPSA) is 26.0 Å². The van der Waals surface area contributed by atoms with Crippen molar-refractivity contribution < 1.29 is 0 Å². The van der Waals surface area contributed by atoms with Gasteiger partial charge in [-0.25, -0.2) is 0 Å². The van der Waals surface area contributed by atoms with E-state index in [0.717, 1.165) is 0 Å². The lowest BCUT2D eigenvalue weighted by molar-refractivity contribution is 0.999. The molecule has 0 aliphatic heterocycles. The lowest BCUT2D eigenvalue weighted by atomic mass is 10.6. The third kappa shape index (κ3) is 4.34. The van der Waals surface area contributed by atoms with Gasteiger partial charge in [0.1, 0.15) is 8.96 Å². The van der Waals surface area contributed by atoms with Gasteiger partial charge in [-0.15, -0.1) is 0 Å². The summed E-state index contributed by atoms with van der Waals surface area (Å²) in [5.74, 6) is 0. The standard InChI is InChI=1S/C6H17NSi/c1-3-5-8(7)6-4-2/h8H,3-7H2,1-2H3. The van der Waals surface area contributed by atoms with Crippen molar-refractivity contribution >= 4 is 8.96 Å². The Morgan fingerprint density at radius 1 is 1.12 bits per heavy atom. The second-order valence-corrected chi connectivity index (χ2v) is 5.01. The smallest absolute Gasteiger partial charge is 0.106 e. The van der Waals surface area contributed by atoms with E-state index >= 15 is 0 Å². The molecule has 0 aromatic carbocycles.